The van der Waals surface area contributed by atoms with Crippen molar-refractivity contribution in [2.45, 2.75) is 41.5 Å². The topological polar surface area (TPSA) is 71.7 Å². The van der Waals surface area contributed by atoms with E-state index >= 15 is 0 Å². The van der Waals surface area contributed by atoms with Crippen molar-refractivity contribution in [1.29, 1.82) is 0 Å². The normalized spacial score (nSPS) is 11.3. The van der Waals surface area contributed by atoms with Gasteiger partial charge in [0.05, 0.1) is 11.4 Å². The molecule has 0 atom stereocenters. The highest BCUT2D eigenvalue weighted by Gasteiger charge is 2.04. The Balaban J connectivity index is 2.30. The van der Waals surface area contributed by atoms with Crippen LogP contribution in [0.3, 0.4) is 0 Å². The van der Waals surface area contributed by atoms with E-state index in [4.69, 9.17) is 0 Å². The van der Waals surface area contributed by atoms with Gasteiger partial charge in [-0.3, -0.25) is 0 Å². The van der Waals surface area contributed by atoms with Gasteiger partial charge in [-0.05, 0) is 63.8 Å². The summed E-state index contributed by atoms with van der Waals surface area (Å²) in [6.45, 7) is 12.0. The van der Waals surface area contributed by atoms with Crippen LogP contribution in [0, 0.1) is 41.5 Å². The molecular formula is C20H22N5-. The Labute approximate surface area is 148 Å². The fourth-order valence-corrected chi connectivity index (χ4v) is 2.92. The van der Waals surface area contributed by atoms with Crippen LogP contribution in [0.15, 0.2) is 50.5 Å². The zero-order chi connectivity index (χ0) is 18.6. The van der Waals surface area contributed by atoms with Crippen LogP contribution in [-0.2, 0) is 0 Å². The van der Waals surface area contributed by atoms with Crippen molar-refractivity contribution >= 4 is 17.2 Å². The maximum atomic E-state index is 9.25. The van der Waals surface area contributed by atoms with Gasteiger partial charge in [0.1, 0.15) is 0 Å². The standard InChI is InChI=1S/C20H22N5/c1-12-7-14(3)19(15(4)8-12)24-22-18(11-21)23-25-20-16(5)9-13(2)10-17(20)6/h7-10H,1-6H3/q-1. The predicted octanol–water partition coefficient (Wildman–Crippen LogP) is 6.49. The molecule has 0 aromatic heterocycles. The lowest BCUT2D eigenvalue weighted by molar-refractivity contribution is 1.03. The Bertz CT molecular complexity index is 800. The van der Waals surface area contributed by atoms with Gasteiger partial charge in [0.15, 0.2) is 0 Å². The number of aryl methyl sites for hydroxylation is 6. The zero-order valence-electron chi connectivity index (χ0n) is 15.5. The van der Waals surface area contributed by atoms with Gasteiger partial charge in [0.25, 0.3) is 0 Å². The molecule has 0 amide bonds. The van der Waals surface area contributed by atoms with Gasteiger partial charge in [-0.2, -0.15) is 0 Å². The molecule has 0 aliphatic rings. The molecule has 0 bridgehead atoms. The van der Waals surface area contributed by atoms with Crippen molar-refractivity contribution in [3.05, 3.63) is 68.9 Å². The van der Waals surface area contributed by atoms with Crippen molar-refractivity contribution < 1.29 is 0 Å². The minimum Gasteiger partial charge on any atom is -0.760 e. The van der Waals surface area contributed by atoms with Crippen molar-refractivity contribution in [2.24, 2.45) is 20.5 Å². The van der Waals surface area contributed by atoms with Gasteiger partial charge < -0.3 is 5.41 Å². The number of hydrogen-bond acceptors (Lipinski definition) is 4. The zero-order valence-corrected chi connectivity index (χ0v) is 15.5. The third-order valence-electron chi connectivity index (χ3n) is 3.86. The Kier molecular flexibility index (Phi) is 5.73. The summed E-state index contributed by atoms with van der Waals surface area (Å²) in [5.41, 5.74) is 7.92. The molecule has 5 nitrogen and oxygen atoms in total. The van der Waals surface area contributed by atoms with Gasteiger partial charge >= 0.3 is 0 Å². The molecule has 0 unspecified atom stereocenters. The first-order valence-electron chi connectivity index (χ1n) is 8.08. The molecule has 0 N–H and O–H groups in total. The molecule has 128 valence electrons. The summed E-state index contributed by atoms with van der Waals surface area (Å²) in [5.74, 6) is 1.87. The van der Waals surface area contributed by atoms with Gasteiger partial charge in [0.2, 0.25) is 5.82 Å². The molecule has 25 heavy (non-hydrogen) atoms. The molecule has 0 radical (unpaired) electrons. The Morgan fingerprint density at radius 1 is 0.680 bits per heavy atom. The van der Waals surface area contributed by atoms with E-state index in [1.165, 1.54) is 11.1 Å². The van der Waals surface area contributed by atoms with Crippen LogP contribution in [-0.4, -0.2) is 5.87 Å². The SMILES string of the molecule is Cc1cc(C)c(N=NC(=C=[N-])N=Nc2c(C)cc(C)cc2C)c(C)c1. The monoisotopic (exact) mass is 332 g/mol. The molecule has 5 heteroatoms. The average molecular weight is 332 g/mol. The smallest absolute Gasteiger partial charge is 0.215 e. The Morgan fingerprint density at radius 3 is 1.28 bits per heavy atom. The summed E-state index contributed by atoms with van der Waals surface area (Å²) in [6, 6.07) is 8.14. The molecule has 0 fully saturated rings. The second-order valence-electron chi connectivity index (χ2n) is 6.33. The molecule has 0 aliphatic heterocycles. The lowest BCUT2D eigenvalue weighted by Crippen LogP contribution is -1.84. The number of benzene rings is 2. The number of azo groups is 2. The lowest BCUT2D eigenvalue weighted by Gasteiger charge is -2.06. The molecular weight excluding hydrogens is 310 g/mol. The molecule has 0 saturated heterocycles. The van der Waals surface area contributed by atoms with Crippen LogP contribution in [0.5, 0.6) is 0 Å². The summed E-state index contributed by atoms with van der Waals surface area (Å²) in [5, 5.41) is 25.6. The van der Waals surface area contributed by atoms with Crippen molar-refractivity contribution in [1.82, 2.24) is 0 Å². The molecule has 0 heterocycles. The summed E-state index contributed by atoms with van der Waals surface area (Å²) >= 11 is 0. The molecule has 0 saturated carbocycles. The summed E-state index contributed by atoms with van der Waals surface area (Å²) < 4.78 is 0. The van der Waals surface area contributed by atoms with E-state index in [0.717, 1.165) is 33.6 Å². The van der Waals surface area contributed by atoms with E-state index in [1.807, 2.05) is 71.7 Å². The van der Waals surface area contributed by atoms with Crippen LogP contribution < -0.4 is 0 Å². The number of nitrogens with zero attached hydrogens (tertiary/aromatic N) is 5. The minimum atomic E-state index is -0.0706. The Hall–Kier alpha value is -2.91. The molecule has 2 aromatic carbocycles. The second-order valence-corrected chi connectivity index (χ2v) is 6.33. The maximum Gasteiger partial charge on any atom is 0.215 e. The fourth-order valence-electron chi connectivity index (χ4n) is 2.92. The Morgan fingerprint density at radius 2 is 1.00 bits per heavy atom. The minimum absolute atomic E-state index is 0.0706. The van der Waals surface area contributed by atoms with E-state index in [-0.39, 0.29) is 5.82 Å². The van der Waals surface area contributed by atoms with Crippen LogP contribution in [0.2, 0.25) is 0 Å². The highest BCUT2D eigenvalue weighted by atomic mass is 15.2. The van der Waals surface area contributed by atoms with Crippen LogP contribution in [0.4, 0.5) is 11.4 Å². The highest BCUT2D eigenvalue weighted by molar-refractivity contribution is 5.61. The van der Waals surface area contributed by atoms with Crippen LogP contribution >= 0.6 is 0 Å². The molecule has 2 rings (SSSR count). The summed E-state index contributed by atoms with van der Waals surface area (Å²) in [6.07, 6.45) is 0. The predicted molar refractivity (Wildman–Crippen MR) is 102 cm³/mol. The summed E-state index contributed by atoms with van der Waals surface area (Å²) in [4.78, 5) is 0. The number of rotatable bonds is 4. The van der Waals surface area contributed by atoms with E-state index in [0.29, 0.717) is 0 Å². The van der Waals surface area contributed by atoms with E-state index in [1.54, 1.807) is 0 Å². The quantitative estimate of drug-likeness (QED) is 0.454. The van der Waals surface area contributed by atoms with Crippen LogP contribution in [0.25, 0.3) is 5.41 Å². The fraction of sp³-hybridized carbons (Fsp3) is 0.300. The largest absolute Gasteiger partial charge is 0.760 e. The van der Waals surface area contributed by atoms with Crippen LogP contribution in [0.1, 0.15) is 33.4 Å². The van der Waals surface area contributed by atoms with Gasteiger partial charge in [-0.15, -0.1) is 20.5 Å². The van der Waals surface area contributed by atoms with Crippen molar-refractivity contribution in [2.75, 3.05) is 0 Å². The van der Waals surface area contributed by atoms with Crippen molar-refractivity contribution in [3.63, 3.8) is 0 Å². The van der Waals surface area contributed by atoms with Gasteiger partial charge in [-0.1, -0.05) is 35.4 Å². The lowest BCUT2D eigenvalue weighted by atomic mass is 10.1. The van der Waals surface area contributed by atoms with E-state index < -0.39 is 0 Å². The third-order valence-corrected chi connectivity index (χ3v) is 3.86. The third kappa shape index (κ3) is 4.55. The number of hydrogen-bond donors (Lipinski definition) is 0. The molecule has 0 spiro atoms. The van der Waals surface area contributed by atoms with E-state index in [2.05, 4.69) is 20.5 Å². The summed E-state index contributed by atoms with van der Waals surface area (Å²) in [7, 11) is 0. The molecule has 0 aliphatic carbocycles. The first-order valence-corrected chi connectivity index (χ1v) is 8.08. The van der Waals surface area contributed by atoms with Gasteiger partial charge in [0, 0.05) is 0 Å². The van der Waals surface area contributed by atoms with Gasteiger partial charge in [-0.25, -0.2) is 5.87 Å². The average Bonchev–Trinajstić information content (AvgIpc) is 2.50. The first-order chi connectivity index (χ1) is 11.8. The first kappa shape index (κ1) is 18.4. The van der Waals surface area contributed by atoms with Crippen molar-refractivity contribution in [3.8, 4) is 0 Å². The second kappa shape index (κ2) is 7.77. The molecule has 2 aromatic rings. The van der Waals surface area contributed by atoms with E-state index in [9.17, 15) is 5.41 Å². The highest BCUT2D eigenvalue weighted by Crippen LogP contribution is 2.27. The maximum absolute atomic E-state index is 9.25.